The summed E-state index contributed by atoms with van der Waals surface area (Å²) in [5.41, 5.74) is 1.90. The number of anilines is 1. The van der Waals surface area contributed by atoms with Gasteiger partial charge in [0.25, 0.3) is 0 Å². The van der Waals surface area contributed by atoms with Crippen molar-refractivity contribution in [2.45, 2.75) is 12.8 Å². The molecular formula is C17H16INO3. The topological polar surface area (TPSA) is 47.6 Å². The maximum absolute atomic E-state index is 12.0. The van der Waals surface area contributed by atoms with E-state index in [1.165, 1.54) is 0 Å². The lowest BCUT2D eigenvalue weighted by atomic mass is 10.1. The van der Waals surface area contributed by atoms with Crippen molar-refractivity contribution >= 4 is 34.2 Å². The van der Waals surface area contributed by atoms with Gasteiger partial charge in [0.1, 0.15) is 13.2 Å². The van der Waals surface area contributed by atoms with E-state index in [2.05, 4.69) is 27.9 Å². The number of amides is 1. The number of carbonyl (C=O) groups excluding carboxylic acids is 1. The van der Waals surface area contributed by atoms with Crippen molar-refractivity contribution in [3.63, 3.8) is 0 Å². The lowest BCUT2D eigenvalue weighted by Crippen LogP contribution is -2.15. The van der Waals surface area contributed by atoms with E-state index in [1.54, 1.807) is 0 Å². The highest BCUT2D eigenvalue weighted by atomic mass is 127. The van der Waals surface area contributed by atoms with Crippen LogP contribution in [-0.4, -0.2) is 19.1 Å². The molecule has 0 saturated carbocycles. The number of benzene rings is 2. The van der Waals surface area contributed by atoms with Crippen LogP contribution < -0.4 is 14.8 Å². The van der Waals surface area contributed by atoms with E-state index in [0.717, 1.165) is 26.3 Å². The predicted molar refractivity (Wildman–Crippen MR) is 93.5 cm³/mol. The van der Waals surface area contributed by atoms with Crippen LogP contribution in [0, 0.1) is 3.57 Å². The van der Waals surface area contributed by atoms with Crippen molar-refractivity contribution in [2.24, 2.45) is 0 Å². The van der Waals surface area contributed by atoms with Crippen molar-refractivity contribution in [1.29, 1.82) is 0 Å². The Morgan fingerprint density at radius 3 is 2.73 bits per heavy atom. The first-order valence-corrected chi connectivity index (χ1v) is 8.22. The molecule has 0 bridgehead atoms. The van der Waals surface area contributed by atoms with Gasteiger partial charge in [0.2, 0.25) is 5.91 Å². The molecule has 1 aliphatic rings. The Labute approximate surface area is 143 Å². The Kier molecular flexibility index (Phi) is 4.82. The third kappa shape index (κ3) is 3.91. The van der Waals surface area contributed by atoms with Gasteiger partial charge in [0, 0.05) is 15.7 Å². The number of hydrogen-bond acceptors (Lipinski definition) is 3. The number of ether oxygens (including phenoxy) is 2. The molecule has 114 valence electrons. The number of nitrogens with one attached hydrogen (secondary N) is 1. The summed E-state index contributed by atoms with van der Waals surface area (Å²) in [6.45, 7) is 1.16. The Morgan fingerprint density at radius 1 is 1.09 bits per heavy atom. The van der Waals surface area contributed by atoms with E-state index >= 15 is 0 Å². The molecule has 0 aromatic heterocycles. The van der Waals surface area contributed by atoms with Gasteiger partial charge >= 0.3 is 0 Å². The first-order chi connectivity index (χ1) is 10.7. The molecule has 0 unspecified atom stereocenters. The maximum Gasteiger partial charge on any atom is 0.224 e. The average Bonchev–Trinajstić information content (AvgIpc) is 2.53. The molecule has 3 rings (SSSR count). The molecule has 0 aliphatic carbocycles. The second-order valence-electron chi connectivity index (χ2n) is 5.04. The first-order valence-electron chi connectivity index (χ1n) is 7.15. The number of rotatable bonds is 4. The standard InChI is InChI=1S/C17H16INO3/c18-13-2-1-3-14(11-13)19-17(20)7-5-12-4-6-15-16(10-12)22-9-8-21-15/h1-4,6,10-11H,5,7-9H2,(H,19,20). The molecule has 5 heteroatoms. The molecule has 1 aliphatic heterocycles. The molecular weight excluding hydrogens is 393 g/mol. The molecule has 0 radical (unpaired) electrons. The van der Waals surface area contributed by atoms with Gasteiger partial charge in [-0.25, -0.2) is 0 Å². The molecule has 1 N–H and O–H groups in total. The molecule has 2 aromatic rings. The largest absolute Gasteiger partial charge is 0.486 e. The van der Waals surface area contributed by atoms with Gasteiger partial charge in [-0.3, -0.25) is 4.79 Å². The quantitative estimate of drug-likeness (QED) is 0.785. The summed E-state index contributed by atoms with van der Waals surface area (Å²) in [5.74, 6) is 1.55. The fourth-order valence-electron chi connectivity index (χ4n) is 2.29. The monoisotopic (exact) mass is 409 g/mol. The number of fused-ring (bicyclic) bond motifs is 1. The number of hydrogen-bond donors (Lipinski definition) is 1. The summed E-state index contributed by atoms with van der Waals surface area (Å²) in [6.07, 6.45) is 1.11. The van der Waals surface area contributed by atoms with Crippen molar-refractivity contribution < 1.29 is 14.3 Å². The maximum atomic E-state index is 12.0. The Balaban J connectivity index is 1.57. The number of aryl methyl sites for hydroxylation is 1. The van der Waals surface area contributed by atoms with Crippen LogP contribution in [-0.2, 0) is 11.2 Å². The van der Waals surface area contributed by atoms with E-state index in [9.17, 15) is 4.79 Å². The fourth-order valence-corrected chi connectivity index (χ4v) is 2.83. The van der Waals surface area contributed by atoms with Crippen LogP contribution in [0.5, 0.6) is 11.5 Å². The molecule has 0 fully saturated rings. The van der Waals surface area contributed by atoms with Crippen LogP contribution in [0.1, 0.15) is 12.0 Å². The average molecular weight is 409 g/mol. The van der Waals surface area contributed by atoms with Gasteiger partial charge in [0.05, 0.1) is 0 Å². The Hall–Kier alpha value is -1.76. The van der Waals surface area contributed by atoms with Gasteiger partial charge in [-0.05, 0) is 64.9 Å². The predicted octanol–water partition coefficient (Wildman–Crippen LogP) is 3.63. The van der Waals surface area contributed by atoms with Crippen LogP contribution in [0.15, 0.2) is 42.5 Å². The van der Waals surface area contributed by atoms with E-state index in [0.29, 0.717) is 26.1 Å². The highest BCUT2D eigenvalue weighted by Crippen LogP contribution is 2.31. The third-order valence-corrected chi connectivity index (χ3v) is 4.03. The van der Waals surface area contributed by atoms with E-state index in [1.807, 2.05) is 42.5 Å². The number of halogens is 1. The van der Waals surface area contributed by atoms with Gasteiger partial charge in [-0.15, -0.1) is 0 Å². The molecule has 4 nitrogen and oxygen atoms in total. The molecule has 0 spiro atoms. The molecule has 0 saturated heterocycles. The Bertz CT molecular complexity index is 687. The van der Waals surface area contributed by atoms with Crippen molar-refractivity contribution in [1.82, 2.24) is 0 Å². The lowest BCUT2D eigenvalue weighted by molar-refractivity contribution is -0.116. The summed E-state index contributed by atoms with van der Waals surface area (Å²) >= 11 is 2.23. The van der Waals surface area contributed by atoms with Crippen LogP contribution in [0.4, 0.5) is 5.69 Å². The zero-order valence-electron chi connectivity index (χ0n) is 12.0. The van der Waals surface area contributed by atoms with E-state index in [-0.39, 0.29) is 5.91 Å². The highest BCUT2D eigenvalue weighted by Gasteiger charge is 2.12. The zero-order chi connectivity index (χ0) is 15.4. The normalized spacial score (nSPS) is 12.8. The van der Waals surface area contributed by atoms with Gasteiger partial charge in [-0.2, -0.15) is 0 Å². The summed E-state index contributed by atoms with van der Waals surface area (Å²) < 4.78 is 12.1. The van der Waals surface area contributed by atoms with Crippen LogP contribution >= 0.6 is 22.6 Å². The molecule has 0 atom stereocenters. The Morgan fingerprint density at radius 2 is 1.91 bits per heavy atom. The summed E-state index contributed by atoms with van der Waals surface area (Å²) in [7, 11) is 0. The van der Waals surface area contributed by atoms with Gasteiger partial charge in [-0.1, -0.05) is 12.1 Å². The molecule has 1 amide bonds. The second kappa shape index (κ2) is 7.00. The van der Waals surface area contributed by atoms with Gasteiger partial charge in [0.15, 0.2) is 11.5 Å². The van der Waals surface area contributed by atoms with E-state index < -0.39 is 0 Å². The second-order valence-corrected chi connectivity index (χ2v) is 6.28. The van der Waals surface area contributed by atoms with Crippen molar-refractivity contribution in [3.05, 3.63) is 51.6 Å². The van der Waals surface area contributed by atoms with Crippen molar-refractivity contribution in [2.75, 3.05) is 18.5 Å². The summed E-state index contributed by atoms with van der Waals surface area (Å²) in [5, 5.41) is 2.92. The lowest BCUT2D eigenvalue weighted by Gasteiger charge is -2.18. The smallest absolute Gasteiger partial charge is 0.224 e. The SMILES string of the molecule is O=C(CCc1ccc2c(c1)OCCO2)Nc1cccc(I)c1. The molecule has 22 heavy (non-hydrogen) atoms. The minimum atomic E-state index is 0.0110. The minimum absolute atomic E-state index is 0.0110. The van der Waals surface area contributed by atoms with Gasteiger partial charge < -0.3 is 14.8 Å². The van der Waals surface area contributed by atoms with E-state index in [4.69, 9.17) is 9.47 Å². The summed E-state index contributed by atoms with van der Waals surface area (Å²) in [6, 6.07) is 13.6. The van der Waals surface area contributed by atoms with Crippen LogP contribution in [0.2, 0.25) is 0 Å². The molecule has 1 heterocycles. The fraction of sp³-hybridized carbons (Fsp3) is 0.235. The highest BCUT2D eigenvalue weighted by molar-refractivity contribution is 14.1. The van der Waals surface area contributed by atoms with Crippen molar-refractivity contribution in [3.8, 4) is 11.5 Å². The van der Waals surface area contributed by atoms with Crippen LogP contribution in [0.3, 0.4) is 0 Å². The van der Waals surface area contributed by atoms with Crippen LogP contribution in [0.25, 0.3) is 0 Å². The molecule has 2 aromatic carbocycles. The minimum Gasteiger partial charge on any atom is -0.486 e. The number of carbonyl (C=O) groups is 1. The summed E-state index contributed by atoms with van der Waals surface area (Å²) in [4.78, 5) is 12.0. The third-order valence-electron chi connectivity index (χ3n) is 3.36. The first kappa shape index (κ1) is 15.1. The zero-order valence-corrected chi connectivity index (χ0v) is 14.1.